The second-order valence-corrected chi connectivity index (χ2v) is 1.97. The molecule has 0 radical (unpaired) electrons. The Labute approximate surface area is 54.0 Å². The second-order valence-electron chi connectivity index (χ2n) is 1.97. The molecule has 0 heterocycles. The van der Waals surface area contributed by atoms with Gasteiger partial charge in [0.05, 0.1) is 0 Å². The minimum absolute atomic E-state index is 0.198. The molecule has 0 saturated heterocycles. The minimum atomic E-state index is -0.705. The van der Waals surface area contributed by atoms with Gasteiger partial charge in [0, 0.05) is 6.54 Å². The van der Waals surface area contributed by atoms with Crippen LogP contribution in [0.5, 0.6) is 0 Å². The van der Waals surface area contributed by atoms with Crippen molar-refractivity contribution in [3.8, 4) is 0 Å². The Kier molecular flexibility index (Phi) is 3.88. The molecule has 52 valence electrons. The molecule has 0 aromatic heterocycles. The van der Waals surface area contributed by atoms with E-state index in [4.69, 9.17) is 0 Å². The molecular weight excluding hydrogens is 121 g/mol. The number of aldehydes is 1. The Morgan fingerprint density at radius 1 is 1.67 bits per heavy atom. The number of carbonyl (C=O) groups is 1. The third kappa shape index (κ3) is 5.17. The van der Waals surface area contributed by atoms with Gasteiger partial charge >= 0.3 is 0 Å². The largest absolute Gasteiger partial charge is 0.306 e. The highest BCUT2D eigenvalue weighted by Crippen LogP contribution is 1.89. The lowest BCUT2D eigenvalue weighted by Crippen LogP contribution is -2.10. The van der Waals surface area contributed by atoms with E-state index >= 15 is 0 Å². The molecule has 3 heteroatoms. The first kappa shape index (κ1) is 8.30. The predicted octanol–water partition coefficient (Wildman–Crippen LogP) is 0.600. The Bertz CT molecular complexity index is 120. The van der Waals surface area contributed by atoms with Crippen LogP contribution in [0.3, 0.4) is 0 Å². The van der Waals surface area contributed by atoms with Crippen LogP contribution in [0.1, 0.15) is 0 Å². The quantitative estimate of drug-likeness (QED) is 0.413. The first-order valence-electron chi connectivity index (χ1n) is 2.62. The predicted molar refractivity (Wildman–Crippen MR) is 33.8 cm³/mol. The fourth-order valence-electron chi connectivity index (χ4n) is 0.318. The average molecular weight is 131 g/mol. The molecule has 0 unspecified atom stereocenters. The number of hydrogen-bond donors (Lipinski definition) is 0. The highest BCUT2D eigenvalue weighted by atomic mass is 19.1. The van der Waals surface area contributed by atoms with Gasteiger partial charge in [0.15, 0.2) is 12.1 Å². The molecule has 0 atom stereocenters. The standard InChI is InChI=1S/C6H10FNO/c1-8(2)4-3-6(7)5-9/h3,5H,4H2,1-2H3/b6-3-. The number of halogens is 1. The van der Waals surface area contributed by atoms with Crippen LogP contribution in [-0.2, 0) is 4.79 Å². The molecule has 0 aromatic rings. The first-order chi connectivity index (χ1) is 4.16. The van der Waals surface area contributed by atoms with Crippen molar-refractivity contribution in [1.29, 1.82) is 0 Å². The molecule has 0 rings (SSSR count). The number of hydrogen-bond acceptors (Lipinski definition) is 2. The van der Waals surface area contributed by atoms with Gasteiger partial charge in [-0.25, -0.2) is 4.39 Å². The van der Waals surface area contributed by atoms with Crippen molar-refractivity contribution < 1.29 is 9.18 Å². The van der Waals surface area contributed by atoms with Gasteiger partial charge in [0.25, 0.3) is 0 Å². The lowest BCUT2D eigenvalue weighted by molar-refractivity contribution is -0.106. The highest BCUT2D eigenvalue weighted by Gasteiger charge is 1.89. The van der Waals surface area contributed by atoms with Crippen LogP contribution in [0.4, 0.5) is 4.39 Å². The molecule has 0 aliphatic rings. The van der Waals surface area contributed by atoms with E-state index in [1.165, 1.54) is 6.08 Å². The fraction of sp³-hybridized carbons (Fsp3) is 0.500. The summed E-state index contributed by atoms with van der Waals surface area (Å²) < 4.78 is 12.0. The zero-order chi connectivity index (χ0) is 7.28. The lowest BCUT2D eigenvalue weighted by Gasteiger charge is -2.02. The summed E-state index contributed by atoms with van der Waals surface area (Å²) in [6, 6.07) is 0. The molecule has 0 amide bonds. The summed E-state index contributed by atoms with van der Waals surface area (Å²) in [5.41, 5.74) is 0. The van der Waals surface area contributed by atoms with Crippen LogP contribution in [0.25, 0.3) is 0 Å². The van der Waals surface area contributed by atoms with Crippen LogP contribution in [-0.4, -0.2) is 31.8 Å². The van der Waals surface area contributed by atoms with Crippen molar-refractivity contribution in [3.05, 3.63) is 11.9 Å². The zero-order valence-electron chi connectivity index (χ0n) is 5.60. The molecular formula is C6H10FNO. The molecule has 0 aliphatic heterocycles. The van der Waals surface area contributed by atoms with E-state index in [-0.39, 0.29) is 6.29 Å². The maximum atomic E-state index is 12.0. The van der Waals surface area contributed by atoms with Gasteiger partial charge in [0.1, 0.15) is 0 Å². The van der Waals surface area contributed by atoms with Gasteiger partial charge in [-0.3, -0.25) is 4.79 Å². The maximum Gasteiger partial charge on any atom is 0.178 e. The van der Waals surface area contributed by atoms with E-state index in [1.54, 1.807) is 19.0 Å². The van der Waals surface area contributed by atoms with E-state index < -0.39 is 5.83 Å². The van der Waals surface area contributed by atoms with Crippen molar-refractivity contribution in [2.75, 3.05) is 20.6 Å². The van der Waals surface area contributed by atoms with Crippen molar-refractivity contribution in [3.63, 3.8) is 0 Å². The highest BCUT2D eigenvalue weighted by molar-refractivity contribution is 5.69. The van der Waals surface area contributed by atoms with Gasteiger partial charge in [0.2, 0.25) is 0 Å². The topological polar surface area (TPSA) is 20.3 Å². The molecule has 0 saturated carbocycles. The van der Waals surface area contributed by atoms with Gasteiger partial charge < -0.3 is 4.90 Å². The molecule has 0 N–H and O–H groups in total. The van der Waals surface area contributed by atoms with E-state index in [0.29, 0.717) is 6.54 Å². The molecule has 0 spiro atoms. The first-order valence-corrected chi connectivity index (χ1v) is 2.62. The Balaban J connectivity index is 3.56. The monoisotopic (exact) mass is 131 g/mol. The van der Waals surface area contributed by atoms with Crippen LogP contribution < -0.4 is 0 Å². The summed E-state index contributed by atoms with van der Waals surface area (Å²) in [7, 11) is 3.60. The average Bonchev–Trinajstić information content (AvgIpc) is 1.83. The smallest absolute Gasteiger partial charge is 0.178 e. The second kappa shape index (κ2) is 4.21. The molecule has 0 aliphatic carbocycles. The summed E-state index contributed by atoms with van der Waals surface area (Å²) >= 11 is 0. The van der Waals surface area contributed by atoms with E-state index in [9.17, 15) is 9.18 Å². The number of likely N-dealkylation sites (N-methyl/N-ethyl adjacent to an activating group) is 1. The van der Waals surface area contributed by atoms with Crippen molar-refractivity contribution in [1.82, 2.24) is 4.90 Å². The van der Waals surface area contributed by atoms with Crippen molar-refractivity contribution in [2.24, 2.45) is 0 Å². The number of rotatable bonds is 3. The Morgan fingerprint density at radius 2 is 2.22 bits per heavy atom. The number of carbonyl (C=O) groups excluding carboxylic acids is 1. The van der Waals surface area contributed by atoms with Crippen LogP contribution in [0, 0.1) is 0 Å². The molecule has 0 fully saturated rings. The summed E-state index contributed by atoms with van der Waals surface area (Å²) in [5.74, 6) is -0.705. The summed E-state index contributed by atoms with van der Waals surface area (Å²) in [6.07, 6.45) is 1.43. The van der Waals surface area contributed by atoms with Gasteiger partial charge in [-0.1, -0.05) is 0 Å². The molecule has 9 heavy (non-hydrogen) atoms. The van der Waals surface area contributed by atoms with Crippen LogP contribution in [0.2, 0.25) is 0 Å². The summed E-state index contributed by atoms with van der Waals surface area (Å²) in [4.78, 5) is 11.4. The van der Waals surface area contributed by atoms with Gasteiger partial charge in [-0.2, -0.15) is 0 Å². The number of nitrogens with zero attached hydrogens (tertiary/aromatic N) is 1. The Morgan fingerprint density at radius 3 is 2.56 bits per heavy atom. The van der Waals surface area contributed by atoms with Crippen LogP contribution in [0.15, 0.2) is 11.9 Å². The summed E-state index contributed by atoms with van der Waals surface area (Å²) in [5, 5.41) is 0. The van der Waals surface area contributed by atoms with E-state index in [0.717, 1.165) is 0 Å². The summed E-state index contributed by atoms with van der Waals surface area (Å²) in [6.45, 7) is 0.463. The zero-order valence-corrected chi connectivity index (χ0v) is 5.60. The minimum Gasteiger partial charge on any atom is -0.306 e. The van der Waals surface area contributed by atoms with Crippen LogP contribution >= 0.6 is 0 Å². The van der Waals surface area contributed by atoms with E-state index in [1.807, 2.05) is 0 Å². The fourth-order valence-corrected chi connectivity index (χ4v) is 0.318. The SMILES string of the molecule is CN(C)C/C=C(\F)C=O. The third-order valence-corrected chi connectivity index (χ3v) is 0.764. The van der Waals surface area contributed by atoms with Gasteiger partial charge in [-0.05, 0) is 20.2 Å². The van der Waals surface area contributed by atoms with E-state index in [2.05, 4.69) is 0 Å². The number of allylic oxidation sites excluding steroid dienone is 1. The molecule has 0 bridgehead atoms. The normalized spacial score (nSPS) is 12.2. The molecule has 0 aromatic carbocycles. The lowest BCUT2D eigenvalue weighted by atomic mass is 10.5. The van der Waals surface area contributed by atoms with Crippen molar-refractivity contribution in [2.45, 2.75) is 0 Å². The van der Waals surface area contributed by atoms with Gasteiger partial charge in [-0.15, -0.1) is 0 Å². The molecule has 2 nitrogen and oxygen atoms in total. The maximum absolute atomic E-state index is 12.0. The third-order valence-electron chi connectivity index (χ3n) is 0.764. The van der Waals surface area contributed by atoms with Crippen molar-refractivity contribution >= 4 is 6.29 Å². The Hall–Kier alpha value is -0.700.